The predicted octanol–water partition coefficient (Wildman–Crippen LogP) is 3.90. The number of hydrogen-bond donors (Lipinski definition) is 0. The van der Waals surface area contributed by atoms with Crippen LogP contribution in [0.1, 0.15) is 17.5 Å². The molecule has 160 valence electrons. The van der Waals surface area contributed by atoms with Gasteiger partial charge in [-0.15, -0.1) is 0 Å². The Kier molecular flexibility index (Phi) is 6.18. The standard InChI is InChI=1S/C25H27N3O2S/c1-27(2)24(30)25(15-19-5-7-21(8-6-19)22-9-13-31-17-22)10-12-28(18-25)23(29)14-20-4-3-11-26-16-20/h3-9,11,13,16-17H,10,12,14-15,18H2,1-2H3/t25-/m0/s1. The molecule has 3 heterocycles. The van der Waals surface area contributed by atoms with E-state index in [1.165, 1.54) is 11.1 Å². The molecule has 0 bridgehead atoms. The van der Waals surface area contributed by atoms with Gasteiger partial charge in [0.1, 0.15) is 0 Å². The third-order valence-corrected chi connectivity index (χ3v) is 6.68. The van der Waals surface area contributed by atoms with Gasteiger partial charge in [0.2, 0.25) is 11.8 Å². The van der Waals surface area contributed by atoms with Crippen LogP contribution in [0.3, 0.4) is 0 Å². The molecule has 0 aliphatic carbocycles. The molecule has 6 heteroatoms. The van der Waals surface area contributed by atoms with Gasteiger partial charge in [0.25, 0.3) is 0 Å². The largest absolute Gasteiger partial charge is 0.348 e. The number of amides is 2. The number of hydrogen-bond acceptors (Lipinski definition) is 4. The Balaban J connectivity index is 1.51. The Morgan fingerprint density at radius 1 is 1.10 bits per heavy atom. The van der Waals surface area contributed by atoms with Crippen molar-refractivity contribution in [3.8, 4) is 11.1 Å². The Morgan fingerprint density at radius 2 is 1.90 bits per heavy atom. The van der Waals surface area contributed by atoms with Crippen molar-refractivity contribution in [3.63, 3.8) is 0 Å². The molecule has 2 amide bonds. The highest BCUT2D eigenvalue weighted by molar-refractivity contribution is 7.08. The van der Waals surface area contributed by atoms with Gasteiger partial charge in [-0.2, -0.15) is 11.3 Å². The molecular formula is C25H27N3O2S. The van der Waals surface area contributed by atoms with Crippen molar-refractivity contribution in [1.82, 2.24) is 14.8 Å². The quantitative estimate of drug-likeness (QED) is 0.592. The smallest absolute Gasteiger partial charge is 0.230 e. The summed E-state index contributed by atoms with van der Waals surface area (Å²) in [6, 6.07) is 14.3. The van der Waals surface area contributed by atoms with Crippen LogP contribution in [0.2, 0.25) is 0 Å². The summed E-state index contributed by atoms with van der Waals surface area (Å²) in [7, 11) is 3.59. The molecule has 0 spiro atoms. The van der Waals surface area contributed by atoms with Crippen molar-refractivity contribution < 1.29 is 9.59 Å². The van der Waals surface area contributed by atoms with Crippen molar-refractivity contribution in [2.45, 2.75) is 19.3 Å². The number of pyridine rings is 1. The van der Waals surface area contributed by atoms with Crippen LogP contribution in [0.25, 0.3) is 11.1 Å². The molecule has 1 aliphatic heterocycles. The van der Waals surface area contributed by atoms with Crippen LogP contribution in [-0.2, 0) is 22.4 Å². The number of benzene rings is 1. The zero-order chi connectivity index (χ0) is 21.8. The minimum atomic E-state index is -0.585. The first kappa shape index (κ1) is 21.2. The summed E-state index contributed by atoms with van der Waals surface area (Å²) in [5, 5.41) is 4.21. The van der Waals surface area contributed by atoms with Gasteiger partial charge in [-0.25, -0.2) is 0 Å². The molecule has 1 aromatic carbocycles. The second-order valence-corrected chi connectivity index (χ2v) is 9.25. The first-order chi connectivity index (χ1) is 15.0. The van der Waals surface area contributed by atoms with Crippen molar-refractivity contribution in [2.24, 2.45) is 5.41 Å². The molecule has 4 rings (SSSR count). The topological polar surface area (TPSA) is 53.5 Å². The highest BCUT2D eigenvalue weighted by Gasteiger charge is 2.46. The number of likely N-dealkylation sites (tertiary alicyclic amines) is 1. The number of thiophene rings is 1. The number of carbonyl (C=O) groups is 2. The summed E-state index contributed by atoms with van der Waals surface area (Å²) >= 11 is 1.68. The van der Waals surface area contributed by atoms with Crippen molar-refractivity contribution >= 4 is 23.2 Å². The van der Waals surface area contributed by atoms with Crippen molar-refractivity contribution in [1.29, 1.82) is 0 Å². The average Bonchev–Trinajstić information content (AvgIpc) is 3.46. The summed E-state index contributed by atoms with van der Waals surface area (Å²) in [6.45, 7) is 1.06. The minimum Gasteiger partial charge on any atom is -0.348 e. The van der Waals surface area contributed by atoms with Gasteiger partial charge in [0.15, 0.2) is 0 Å². The van der Waals surface area contributed by atoms with Crippen LogP contribution in [0, 0.1) is 5.41 Å². The van der Waals surface area contributed by atoms with Crippen LogP contribution < -0.4 is 0 Å². The maximum Gasteiger partial charge on any atom is 0.230 e. The Bertz CT molecular complexity index is 1030. The Morgan fingerprint density at radius 3 is 2.55 bits per heavy atom. The fourth-order valence-electron chi connectivity index (χ4n) is 4.38. The first-order valence-electron chi connectivity index (χ1n) is 10.5. The van der Waals surface area contributed by atoms with Crippen LogP contribution in [0.4, 0.5) is 0 Å². The van der Waals surface area contributed by atoms with E-state index in [0.717, 1.165) is 11.1 Å². The maximum atomic E-state index is 13.2. The molecule has 3 aromatic rings. The lowest BCUT2D eigenvalue weighted by Gasteiger charge is -2.31. The third kappa shape index (κ3) is 4.69. The van der Waals surface area contributed by atoms with Gasteiger partial charge >= 0.3 is 0 Å². The lowest BCUT2D eigenvalue weighted by atomic mass is 9.79. The van der Waals surface area contributed by atoms with Crippen LogP contribution in [0.15, 0.2) is 65.6 Å². The van der Waals surface area contributed by atoms with Crippen LogP contribution in [0.5, 0.6) is 0 Å². The van der Waals surface area contributed by atoms with Gasteiger partial charge in [-0.3, -0.25) is 14.6 Å². The predicted molar refractivity (Wildman–Crippen MR) is 124 cm³/mol. The number of rotatable bonds is 6. The minimum absolute atomic E-state index is 0.0502. The molecular weight excluding hydrogens is 406 g/mol. The molecule has 1 saturated heterocycles. The molecule has 0 saturated carbocycles. The monoisotopic (exact) mass is 433 g/mol. The molecule has 1 aliphatic rings. The summed E-state index contributed by atoms with van der Waals surface area (Å²) in [6.07, 6.45) is 5.05. The van der Waals surface area contributed by atoms with Crippen LogP contribution >= 0.6 is 11.3 Å². The number of aromatic nitrogens is 1. The number of nitrogens with zero attached hydrogens (tertiary/aromatic N) is 3. The third-order valence-electron chi connectivity index (χ3n) is 6.00. The lowest BCUT2D eigenvalue weighted by molar-refractivity contribution is -0.139. The van der Waals surface area contributed by atoms with Gasteiger partial charge in [-0.1, -0.05) is 30.3 Å². The van der Waals surface area contributed by atoms with Gasteiger partial charge in [0, 0.05) is 39.6 Å². The van der Waals surface area contributed by atoms with Gasteiger partial charge in [-0.05, 0) is 58.0 Å². The molecule has 0 radical (unpaired) electrons. The van der Waals surface area contributed by atoms with E-state index in [0.29, 0.717) is 32.4 Å². The molecule has 31 heavy (non-hydrogen) atoms. The normalized spacial score (nSPS) is 18.2. The van der Waals surface area contributed by atoms with E-state index < -0.39 is 5.41 Å². The second-order valence-electron chi connectivity index (χ2n) is 8.47. The van der Waals surface area contributed by atoms with E-state index >= 15 is 0 Å². The summed E-state index contributed by atoms with van der Waals surface area (Å²) in [5.74, 6) is 0.139. The van der Waals surface area contributed by atoms with E-state index in [2.05, 4.69) is 46.1 Å². The lowest BCUT2D eigenvalue weighted by Crippen LogP contribution is -2.44. The first-order valence-corrected chi connectivity index (χ1v) is 11.4. The summed E-state index contributed by atoms with van der Waals surface area (Å²) < 4.78 is 0. The number of carbonyl (C=O) groups excluding carboxylic acids is 2. The Labute approximate surface area is 187 Å². The van der Waals surface area contributed by atoms with Gasteiger partial charge in [0.05, 0.1) is 11.8 Å². The van der Waals surface area contributed by atoms with E-state index in [1.807, 2.05) is 17.0 Å². The molecule has 0 unspecified atom stereocenters. The molecule has 5 nitrogen and oxygen atoms in total. The van der Waals surface area contributed by atoms with E-state index in [4.69, 9.17) is 0 Å². The average molecular weight is 434 g/mol. The van der Waals surface area contributed by atoms with E-state index in [1.54, 1.807) is 42.7 Å². The van der Waals surface area contributed by atoms with E-state index in [-0.39, 0.29) is 11.8 Å². The summed E-state index contributed by atoms with van der Waals surface area (Å²) in [5.41, 5.74) is 3.82. The second kappa shape index (κ2) is 9.02. The zero-order valence-corrected chi connectivity index (χ0v) is 18.8. The SMILES string of the molecule is CN(C)C(=O)[C@]1(Cc2ccc(-c3ccsc3)cc2)CCN(C(=O)Cc2cccnc2)C1. The summed E-state index contributed by atoms with van der Waals surface area (Å²) in [4.78, 5) is 33.7. The Hall–Kier alpha value is -2.99. The van der Waals surface area contributed by atoms with Crippen molar-refractivity contribution in [3.05, 3.63) is 76.7 Å². The van der Waals surface area contributed by atoms with Crippen molar-refractivity contribution in [2.75, 3.05) is 27.2 Å². The molecule has 1 atom stereocenters. The van der Waals surface area contributed by atoms with Gasteiger partial charge < -0.3 is 9.80 Å². The zero-order valence-electron chi connectivity index (χ0n) is 18.0. The van der Waals surface area contributed by atoms with E-state index in [9.17, 15) is 9.59 Å². The molecule has 2 aromatic heterocycles. The fraction of sp³-hybridized carbons (Fsp3) is 0.320. The highest BCUT2D eigenvalue weighted by atomic mass is 32.1. The fourth-order valence-corrected chi connectivity index (χ4v) is 5.04. The van der Waals surface area contributed by atoms with Crippen LogP contribution in [-0.4, -0.2) is 53.8 Å². The highest BCUT2D eigenvalue weighted by Crippen LogP contribution is 2.37. The molecule has 0 N–H and O–H groups in total. The molecule has 1 fully saturated rings. The maximum absolute atomic E-state index is 13.2.